The second-order valence-corrected chi connectivity index (χ2v) is 9.33. The van der Waals surface area contributed by atoms with Gasteiger partial charge in [0, 0.05) is 47.1 Å². The van der Waals surface area contributed by atoms with Gasteiger partial charge in [-0.2, -0.15) is 0 Å². The maximum absolute atomic E-state index is 14.4. The van der Waals surface area contributed by atoms with Crippen molar-refractivity contribution in [2.75, 3.05) is 10.5 Å². The smallest absolute Gasteiger partial charge is 0.247 e. The molecule has 10 heteroatoms. The van der Waals surface area contributed by atoms with E-state index in [2.05, 4.69) is 14.9 Å². The molecule has 0 amide bonds. The lowest BCUT2D eigenvalue weighted by Crippen LogP contribution is -2.12. The third-order valence-electron chi connectivity index (χ3n) is 5.62. The molecule has 1 N–H and O–H groups in total. The average molecular weight is 521 g/mol. The van der Waals surface area contributed by atoms with E-state index >= 15 is 0 Å². The van der Waals surface area contributed by atoms with E-state index < -0.39 is 11.6 Å². The Morgan fingerprint density at radius 3 is 2.57 bits per heavy atom. The van der Waals surface area contributed by atoms with E-state index in [9.17, 15) is 13.6 Å². The van der Waals surface area contributed by atoms with Crippen LogP contribution in [-0.2, 0) is 0 Å². The number of rotatable bonds is 7. The fraction of sp³-hybridized carbons (Fsp3) is 0.148. The van der Waals surface area contributed by atoms with Crippen molar-refractivity contribution >= 4 is 28.5 Å². The first-order valence-corrected chi connectivity index (χ1v) is 12.4. The summed E-state index contributed by atoms with van der Waals surface area (Å²) in [5, 5.41) is 8.36. The van der Waals surface area contributed by atoms with E-state index in [0.29, 0.717) is 45.2 Å². The summed E-state index contributed by atoms with van der Waals surface area (Å²) in [5.74, 6) is 0.240. The molecule has 0 radical (unpaired) electrons. The van der Waals surface area contributed by atoms with Crippen molar-refractivity contribution in [1.82, 2.24) is 14.8 Å². The molecule has 5 rings (SSSR count). The van der Waals surface area contributed by atoms with Gasteiger partial charge in [-0.05, 0) is 55.5 Å². The van der Waals surface area contributed by atoms with Gasteiger partial charge in [0.25, 0.3) is 0 Å². The lowest BCUT2D eigenvalue weighted by molar-refractivity contribution is 0.436. The fourth-order valence-corrected chi connectivity index (χ4v) is 4.33. The molecule has 5 aromatic rings. The molecule has 0 saturated carbocycles. The Labute approximate surface area is 215 Å². The van der Waals surface area contributed by atoms with Gasteiger partial charge in [0.15, 0.2) is 22.7 Å². The van der Waals surface area contributed by atoms with Gasteiger partial charge in [-0.25, -0.2) is 8.78 Å². The van der Waals surface area contributed by atoms with Crippen LogP contribution in [0.1, 0.15) is 18.4 Å². The summed E-state index contributed by atoms with van der Waals surface area (Å²) in [5.41, 5.74) is 2.90. The highest BCUT2D eigenvalue weighted by molar-refractivity contribution is 8.00. The van der Waals surface area contributed by atoms with Crippen LogP contribution in [0, 0.1) is 25.5 Å². The number of nitrogens with zero attached hydrogens (tertiary/aromatic N) is 3. The number of aromatic nitrogens is 3. The van der Waals surface area contributed by atoms with Crippen LogP contribution in [0.5, 0.6) is 11.5 Å². The summed E-state index contributed by atoms with van der Waals surface area (Å²) in [7, 11) is 0. The number of pyridine rings is 1. The molecule has 0 atom stereocenters. The number of halogens is 2. The highest BCUT2D eigenvalue weighted by atomic mass is 32.2. The fourth-order valence-electron chi connectivity index (χ4n) is 3.90. The third-order valence-corrected chi connectivity index (χ3v) is 6.29. The van der Waals surface area contributed by atoms with Gasteiger partial charge in [0.2, 0.25) is 11.8 Å². The first-order valence-electron chi connectivity index (χ1n) is 11.5. The van der Waals surface area contributed by atoms with Crippen molar-refractivity contribution in [3.63, 3.8) is 0 Å². The molecule has 188 valence electrons. The minimum absolute atomic E-state index is 0.123. The molecule has 3 aromatic carbocycles. The predicted molar refractivity (Wildman–Crippen MR) is 140 cm³/mol. The lowest BCUT2D eigenvalue weighted by Gasteiger charge is -2.18. The maximum Gasteiger partial charge on any atom is 0.247 e. The summed E-state index contributed by atoms with van der Waals surface area (Å²) in [6.07, 6.45) is 1.71. The van der Waals surface area contributed by atoms with Gasteiger partial charge in [-0.15, -0.1) is 10.2 Å². The zero-order valence-corrected chi connectivity index (χ0v) is 21.0. The molecule has 2 aromatic heterocycles. The van der Waals surface area contributed by atoms with Gasteiger partial charge in [0.1, 0.15) is 5.82 Å². The quantitative estimate of drug-likeness (QED) is 0.236. The van der Waals surface area contributed by atoms with Crippen LogP contribution in [0.2, 0.25) is 0 Å². The Morgan fingerprint density at radius 2 is 1.84 bits per heavy atom. The summed E-state index contributed by atoms with van der Waals surface area (Å²) in [4.78, 5) is 13.1. The molecule has 2 heterocycles. The van der Waals surface area contributed by atoms with E-state index in [1.54, 1.807) is 50.4 Å². The number of anilines is 1. The summed E-state index contributed by atoms with van der Waals surface area (Å²) >= 11 is 1.51. The minimum Gasteiger partial charge on any atom is -0.452 e. The number of hydrogen-bond acceptors (Lipinski definition) is 7. The molecule has 0 aliphatic rings. The summed E-state index contributed by atoms with van der Waals surface area (Å²) in [6, 6.07) is 13.8. The number of benzene rings is 3. The molecule has 0 spiro atoms. The van der Waals surface area contributed by atoms with Crippen LogP contribution in [0.4, 0.5) is 14.5 Å². The van der Waals surface area contributed by atoms with Crippen molar-refractivity contribution in [3.05, 3.63) is 94.1 Å². The SMILES string of the molecule is CCSNc1ccc(Oc2ccc(F)cc2F)c(-n2cc(C)c(=O)c3cc(-c4nnc(C)o4)ccc32)c1. The molecule has 0 bridgehead atoms. The second kappa shape index (κ2) is 10.1. The highest BCUT2D eigenvalue weighted by Crippen LogP contribution is 2.35. The predicted octanol–water partition coefficient (Wildman–Crippen LogP) is 6.81. The Hall–Kier alpha value is -4.18. The first kappa shape index (κ1) is 24.5. The van der Waals surface area contributed by atoms with Crippen molar-refractivity contribution in [3.8, 4) is 28.6 Å². The van der Waals surface area contributed by atoms with Crippen molar-refractivity contribution < 1.29 is 17.9 Å². The Morgan fingerprint density at radius 1 is 1.03 bits per heavy atom. The molecule has 0 fully saturated rings. The van der Waals surface area contributed by atoms with Crippen molar-refractivity contribution in [1.29, 1.82) is 0 Å². The van der Waals surface area contributed by atoms with Crippen molar-refractivity contribution in [2.24, 2.45) is 0 Å². The van der Waals surface area contributed by atoms with Gasteiger partial charge in [-0.1, -0.05) is 18.9 Å². The Balaban J connectivity index is 1.70. The van der Waals surface area contributed by atoms with E-state index in [1.807, 2.05) is 17.6 Å². The van der Waals surface area contributed by atoms with Gasteiger partial charge < -0.3 is 18.4 Å². The Kier molecular flexibility index (Phi) is 6.66. The van der Waals surface area contributed by atoms with Gasteiger partial charge in [-0.3, -0.25) is 4.79 Å². The van der Waals surface area contributed by atoms with Crippen LogP contribution >= 0.6 is 11.9 Å². The number of fused-ring (bicyclic) bond motifs is 1. The molecular formula is C27H22F2N4O3S. The highest BCUT2D eigenvalue weighted by Gasteiger charge is 2.17. The van der Waals surface area contributed by atoms with Crippen LogP contribution in [0.25, 0.3) is 28.0 Å². The minimum atomic E-state index is -0.824. The number of hydrogen-bond donors (Lipinski definition) is 1. The monoisotopic (exact) mass is 520 g/mol. The van der Waals surface area contributed by atoms with Crippen molar-refractivity contribution in [2.45, 2.75) is 20.8 Å². The van der Waals surface area contributed by atoms with E-state index in [1.165, 1.54) is 18.0 Å². The van der Waals surface area contributed by atoms with E-state index in [-0.39, 0.29) is 11.2 Å². The van der Waals surface area contributed by atoms with Crippen LogP contribution in [-0.4, -0.2) is 20.5 Å². The van der Waals surface area contributed by atoms with Crippen LogP contribution in [0.15, 0.2) is 70.0 Å². The van der Waals surface area contributed by atoms with E-state index in [0.717, 1.165) is 23.6 Å². The zero-order valence-electron chi connectivity index (χ0n) is 20.2. The molecule has 0 unspecified atom stereocenters. The number of aryl methyl sites for hydroxylation is 2. The second-order valence-electron chi connectivity index (χ2n) is 8.26. The molecule has 7 nitrogen and oxygen atoms in total. The summed E-state index contributed by atoms with van der Waals surface area (Å²) < 4.78 is 44.4. The molecular weight excluding hydrogens is 498 g/mol. The lowest BCUT2D eigenvalue weighted by atomic mass is 10.1. The number of ether oxygens (including phenoxy) is 1. The number of nitrogens with one attached hydrogen (secondary N) is 1. The topological polar surface area (TPSA) is 82.2 Å². The zero-order chi connectivity index (χ0) is 26.1. The first-order chi connectivity index (χ1) is 17.8. The largest absolute Gasteiger partial charge is 0.452 e. The van der Waals surface area contributed by atoms with E-state index in [4.69, 9.17) is 9.15 Å². The Bertz CT molecular complexity index is 1680. The third kappa shape index (κ3) is 4.92. The molecule has 0 aliphatic heterocycles. The van der Waals surface area contributed by atoms with Gasteiger partial charge in [0.05, 0.1) is 11.2 Å². The van der Waals surface area contributed by atoms with Gasteiger partial charge >= 0.3 is 0 Å². The average Bonchev–Trinajstić information content (AvgIpc) is 3.33. The standard InChI is InChI=1S/C27H22F2N4O3S/c1-4-37-32-19-7-10-25(36-24-9-6-18(28)12-21(24)29)23(13-19)33-14-15(2)26(34)20-11-17(5-8-22(20)33)27-31-30-16(3)35-27/h5-14,32H,4H2,1-3H3. The molecule has 37 heavy (non-hydrogen) atoms. The molecule has 0 saturated heterocycles. The normalized spacial score (nSPS) is 11.2. The van der Waals surface area contributed by atoms with Crippen LogP contribution < -0.4 is 14.9 Å². The summed E-state index contributed by atoms with van der Waals surface area (Å²) in [6.45, 7) is 5.43. The molecule has 0 aliphatic carbocycles. The maximum atomic E-state index is 14.4. The van der Waals surface area contributed by atoms with Crippen LogP contribution in [0.3, 0.4) is 0 Å².